The second-order valence-corrected chi connectivity index (χ2v) is 3.54. The fourth-order valence-electron chi connectivity index (χ4n) is 1.60. The molecule has 1 atom stereocenters. The van der Waals surface area contributed by atoms with Crippen LogP contribution >= 0.6 is 0 Å². The van der Waals surface area contributed by atoms with E-state index in [4.69, 9.17) is 10.2 Å². The number of rotatable bonds is 5. The molecule has 0 aliphatic heterocycles. The van der Waals surface area contributed by atoms with Gasteiger partial charge < -0.3 is 10.2 Å². The van der Waals surface area contributed by atoms with E-state index in [1.54, 1.807) is 6.26 Å². The van der Waals surface area contributed by atoms with Crippen molar-refractivity contribution in [2.75, 3.05) is 0 Å². The van der Waals surface area contributed by atoms with E-state index < -0.39 is 0 Å². The largest absolute Gasteiger partial charge is 0.468 e. The molecule has 13 heavy (non-hydrogen) atoms. The predicted octanol–water partition coefficient (Wildman–Crippen LogP) is 3.11. The van der Waals surface area contributed by atoms with Gasteiger partial charge in [0.1, 0.15) is 5.76 Å². The van der Waals surface area contributed by atoms with Crippen molar-refractivity contribution in [2.24, 2.45) is 11.7 Å². The van der Waals surface area contributed by atoms with Gasteiger partial charge in [-0.25, -0.2) is 0 Å². The van der Waals surface area contributed by atoms with Crippen LogP contribution in [0.25, 0.3) is 0 Å². The zero-order valence-electron chi connectivity index (χ0n) is 8.49. The van der Waals surface area contributed by atoms with Gasteiger partial charge in [0.05, 0.1) is 12.3 Å². The van der Waals surface area contributed by atoms with Crippen LogP contribution in [0.2, 0.25) is 0 Å². The van der Waals surface area contributed by atoms with Crippen molar-refractivity contribution in [3.05, 3.63) is 24.2 Å². The van der Waals surface area contributed by atoms with Gasteiger partial charge in [0, 0.05) is 0 Å². The van der Waals surface area contributed by atoms with Crippen molar-refractivity contribution < 1.29 is 4.42 Å². The molecule has 2 N–H and O–H groups in total. The molecule has 0 saturated heterocycles. The van der Waals surface area contributed by atoms with Crippen LogP contribution in [0.3, 0.4) is 0 Å². The van der Waals surface area contributed by atoms with Crippen LogP contribution in [0.5, 0.6) is 0 Å². The second-order valence-electron chi connectivity index (χ2n) is 3.54. The predicted molar refractivity (Wildman–Crippen MR) is 54.3 cm³/mol. The first kappa shape index (κ1) is 10.3. The van der Waals surface area contributed by atoms with Gasteiger partial charge >= 0.3 is 0 Å². The lowest BCUT2D eigenvalue weighted by Gasteiger charge is -2.16. The highest BCUT2D eigenvalue weighted by Gasteiger charge is 2.13. The number of hydrogen-bond donors (Lipinski definition) is 1. The summed E-state index contributed by atoms with van der Waals surface area (Å²) in [7, 11) is 0. The normalized spacial score (nSPS) is 13.5. The molecule has 0 saturated carbocycles. The summed E-state index contributed by atoms with van der Waals surface area (Å²) >= 11 is 0. The second kappa shape index (κ2) is 5.07. The zero-order valence-corrected chi connectivity index (χ0v) is 8.49. The van der Waals surface area contributed by atoms with Crippen molar-refractivity contribution >= 4 is 0 Å². The van der Waals surface area contributed by atoms with Crippen molar-refractivity contribution in [2.45, 2.75) is 39.2 Å². The molecule has 0 amide bonds. The highest BCUT2D eigenvalue weighted by atomic mass is 16.3. The standard InChI is InChI=1S/C11H19NO/c1-3-9(4-2)8-10(12)11-6-5-7-13-11/h5-7,9-10H,3-4,8,12H2,1-2H3. The Balaban J connectivity index is 2.45. The Morgan fingerprint density at radius 2 is 2.08 bits per heavy atom. The quantitative estimate of drug-likeness (QED) is 0.758. The Bertz CT molecular complexity index is 214. The molecule has 0 bridgehead atoms. The van der Waals surface area contributed by atoms with Crippen LogP contribution in [0, 0.1) is 5.92 Å². The smallest absolute Gasteiger partial charge is 0.120 e. The monoisotopic (exact) mass is 181 g/mol. The Morgan fingerprint density at radius 1 is 1.38 bits per heavy atom. The topological polar surface area (TPSA) is 39.2 Å². The van der Waals surface area contributed by atoms with Gasteiger partial charge in [-0.1, -0.05) is 26.7 Å². The molecule has 0 aromatic carbocycles. The molecule has 0 aliphatic rings. The molecule has 2 heteroatoms. The minimum Gasteiger partial charge on any atom is -0.468 e. The SMILES string of the molecule is CCC(CC)CC(N)c1ccco1. The highest BCUT2D eigenvalue weighted by molar-refractivity contribution is 5.03. The van der Waals surface area contributed by atoms with Crippen LogP contribution in [-0.2, 0) is 0 Å². The molecule has 1 aromatic rings. The van der Waals surface area contributed by atoms with Gasteiger partial charge in [-0.15, -0.1) is 0 Å². The lowest BCUT2D eigenvalue weighted by Crippen LogP contribution is -2.14. The maximum Gasteiger partial charge on any atom is 0.120 e. The Labute approximate surface area is 80.1 Å². The molecule has 2 nitrogen and oxygen atoms in total. The molecule has 1 heterocycles. The van der Waals surface area contributed by atoms with Gasteiger partial charge in [-0.05, 0) is 24.5 Å². The third-order valence-corrected chi connectivity index (χ3v) is 2.65. The van der Waals surface area contributed by atoms with E-state index in [-0.39, 0.29) is 6.04 Å². The van der Waals surface area contributed by atoms with E-state index in [2.05, 4.69) is 13.8 Å². The average Bonchev–Trinajstić information content (AvgIpc) is 2.66. The van der Waals surface area contributed by atoms with Crippen molar-refractivity contribution in [3.8, 4) is 0 Å². The summed E-state index contributed by atoms with van der Waals surface area (Å²) < 4.78 is 5.26. The summed E-state index contributed by atoms with van der Waals surface area (Å²) in [4.78, 5) is 0. The summed E-state index contributed by atoms with van der Waals surface area (Å²) in [6.45, 7) is 4.42. The Morgan fingerprint density at radius 3 is 2.54 bits per heavy atom. The molecule has 1 aromatic heterocycles. The first-order chi connectivity index (χ1) is 6.27. The zero-order chi connectivity index (χ0) is 9.68. The minimum atomic E-state index is 0.0694. The summed E-state index contributed by atoms with van der Waals surface area (Å²) in [5.41, 5.74) is 6.00. The highest BCUT2D eigenvalue weighted by Crippen LogP contribution is 2.23. The van der Waals surface area contributed by atoms with Crippen molar-refractivity contribution in [3.63, 3.8) is 0 Å². The number of hydrogen-bond acceptors (Lipinski definition) is 2. The average molecular weight is 181 g/mol. The molecule has 0 aliphatic carbocycles. The Hall–Kier alpha value is -0.760. The number of nitrogens with two attached hydrogens (primary N) is 1. The van der Waals surface area contributed by atoms with Crippen LogP contribution in [0.4, 0.5) is 0 Å². The van der Waals surface area contributed by atoms with E-state index in [0.29, 0.717) is 0 Å². The first-order valence-electron chi connectivity index (χ1n) is 5.06. The molecule has 0 radical (unpaired) electrons. The fourth-order valence-corrected chi connectivity index (χ4v) is 1.60. The van der Waals surface area contributed by atoms with E-state index in [1.807, 2.05) is 12.1 Å². The van der Waals surface area contributed by atoms with E-state index >= 15 is 0 Å². The first-order valence-corrected chi connectivity index (χ1v) is 5.06. The van der Waals surface area contributed by atoms with E-state index in [9.17, 15) is 0 Å². The molecular weight excluding hydrogens is 162 g/mol. The maximum absolute atomic E-state index is 6.00. The van der Waals surface area contributed by atoms with Crippen molar-refractivity contribution in [1.82, 2.24) is 0 Å². The molecule has 1 unspecified atom stereocenters. The van der Waals surface area contributed by atoms with Gasteiger partial charge in [-0.2, -0.15) is 0 Å². The summed E-state index contributed by atoms with van der Waals surface area (Å²) in [6.07, 6.45) is 5.11. The lowest BCUT2D eigenvalue weighted by molar-refractivity contribution is 0.371. The van der Waals surface area contributed by atoms with Crippen LogP contribution in [-0.4, -0.2) is 0 Å². The molecule has 1 rings (SSSR count). The third-order valence-electron chi connectivity index (χ3n) is 2.65. The molecule has 0 spiro atoms. The van der Waals surface area contributed by atoms with E-state index in [1.165, 1.54) is 12.8 Å². The van der Waals surface area contributed by atoms with Crippen LogP contribution in [0.15, 0.2) is 22.8 Å². The fraction of sp³-hybridized carbons (Fsp3) is 0.636. The van der Waals surface area contributed by atoms with Gasteiger partial charge in [0.25, 0.3) is 0 Å². The number of furan rings is 1. The van der Waals surface area contributed by atoms with Crippen LogP contribution < -0.4 is 5.73 Å². The van der Waals surface area contributed by atoms with E-state index in [0.717, 1.165) is 18.1 Å². The molecule has 0 fully saturated rings. The van der Waals surface area contributed by atoms with Crippen molar-refractivity contribution in [1.29, 1.82) is 0 Å². The molecular formula is C11H19NO. The van der Waals surface area contributed by atoms with Gasteiger partial charge in [0.15, 0.2) is 0 Å². The summed E-state index contributed by atoms with van der Waals surface area (Å²) in [5, 5.41) is 0. The van der Waals surface area contributed by atoms with Gasteiger partial charge in [-0.3, -0.25) is 0 Å². The lowest BCUT2D eigenvalue weighted by atomic mass is 9.94. The van der Waals surface area contributed by atoms with Crippen LogP contribution in [0.1, 0.15) is 44.9 Å². The summed E-state index contributed by atoms with van der Waals surface area (Å²) in [5.74, 6) is 1.63. The maximum atomic E-state index is 6.00. The third kappa shape index (κ3) is 2.88. The summed E-state index contributed by atoms with van der Waals surface area (Å²) in [6, 6.07) is 3.91. The Kier molecular flexibility index (Phi) is 4.03. The van der Waals surface area contributed by atoms with Gasteiger partial charge in [0.2, 0.25) is 0 Å². The molecule has 74 valence electrons. The minimum absolute atomic E-state index is 0.0694.